The quantitative estimate of drug-likeness (QED) is 0.0491. The molecule has 1 unspecified atom stereocenters. The summed E-state index contributed by atoms with van der Waals surface area (Å²) in [5.41, 5.74) is 0. The molecule has 5 heteroatoms. The zero-order valence-electron chi connectivity index (χ0n) is 31.9. The molecule has 47 heavy (non-hydrogen) atoms. The zero-order valence-corrected chi connectivity index (χ0v) is 31.9. The van der Waals surface area contributed by atoms with Crippen LogP contribution in [0.1, 0.15) is 239 Å². The van der Waals surface area contributed by atoms with Gasteiger partial charge in [0.1, 0.15) is 0 Å². The Morgan fingerprint density at radius 1 is 0.447 bits per heavy atom. The van der Waals surface area contributed by atoms with E-state index in [1.165, 1.54) is 180 Å². The molecule has 0 aromatic rings. The van der Waals surface area contributed by atoms with Crippen LogP contribution in [-0.2, 0) is 4.79 Å². The molecule has 0 spiro atoms. The van der Waals surface area contributed by atoms with Gasteiger partial charge in [-0.05, 0) is 12.8 Å². The van der Waals surface area contributed by atoms with E-state index < -0.39 is 18.2 Å². The lowest BCUT2D eigenvalue weighted by molar-refractivity contribution is -0.125. The molecule has 0 fully saturated rings. The van der Waals surface area contributed by atoms with Crippen LogP contribution in [0, 0.1) is 0 Å². The fraction of sp³-hybridized carbons (Fsp3) is 0.976. The highest BCUT2D eigenvalue weighted by Gasteiger charge is 2.21. The molecule has 0 heterocycles. The fourth-order valence-electron chi connectivity index (χ4n) is 6.88. The van der Waals surface area contributed by atoms with Crippen LogP contribution in [0.15, 0.2) is 0 Å². The van der Waals surface area contributed by atoms with E-state index in [0.717, 1.165) is 25.7 Å². The third-order valence-electron chi connectivity index (χ3n) is 10.2. The lowest BCUT2D eigenvalue weighted by Crippen LogP contribution is -2.46. The van der Waals surface area contributed by atoms with Gasteiger partial charge < -0.3 is 20.6 Å². The molecule has 0 aliphatic carbocycles. The third kappa shape index (κ3) is 35.0. The van der Waals surface area contributed by atoms with Crippen LogP contribution in [0.25, 0.3) is 0 Å². The van der Waals surface area contributed by atoms with Crippen molar-refractivity contribution in [2.24, 2.45) is 0 Å². The van der Waals surface area contributed by atoms with Crippen molar-refractivity contribution in [3.63, 3.8) is 0 Å². The van der Waals surface area contributed by atoms with Gasteiger partial charge in [0.05, 0.1) is 31.3 Å². The molecule has 0 saturated carbocycles. The van der Waals surface area contributed by atoms with Crippen molar-refractivity contribution in [3.05, 3.63) is 0 Å². The topological polar surface area (TPSA) is 89.8 Å². The number of carbonyl (C=O) groups excluding carboxylic acids is 1. The van der Waals surface area contributed by atoms with Crippen molar-refractivity contribution >= 4 is 5.91 Å². The minimum atomic E-state index is -0.742. The highest BCUT2D eigenvalue weighted by molar-refractivity contribution is 5.76. The molecule has 0 aromatic heterocycles. The molecular weight excluding hydrogens is 582 g/mol. The molecule has 1 amide bonds. The summed E-state index contributed by atoms with van der Waals surface area (Å²) in [4.78, 5) is 12.4. The van der Waals surface area contributed by atoms with E-state index in [1.54, 1.807) is 0 Å². The molecule has 0 bridgehead atoms. The molecule has 0 radical (unpaired) electrons. The van der Waals surface area contributed by atoms with E-state index in [9.17, 15) is 20.1 Å². The predicted octanol–water partition coefficient (Wildman–Crippen LogP) is 11.9. The SMILES string of the molecule is CCCCCCCCCCCCCCCCCCCCCC(O)CC(=O)N[C@@H](CO)[C@H](O)CCCCCCCCCCCCCCC. The number of carbonyl (C=O) groups is 1. The van der Waals surface area contributed by atoms with Crippen molar-refractivity contribution in [2.75, 3.05) is 6.61 Å². The van der Waals surface area contributed by atoms with Crippen LogP contribution in [0.2, 0.25) is 0 Å². The van der Waals surface area contributed by atoms with Crippen molar-refractivity contribution < 1.29 is 20.1 Å². The Balaban J connectivity index is 3.57. The largest absolute Gasteiger partial charge is 0.394 e. The number of nitrogens with one attached hydrogen (secondary N) is 1. The summed E-state index contributed by atoms with van der Waals surface area (Å²) < 4.78 is 0. The third-order valence-corrected chi connectivity index (χ3v) is 10.2. The maximum atomic E-state index is 12.4. The van der Waals surface area contributed by atoms with Crippen LogP contribution >= 0.6 is 0 Å². The maximum absolute atomic E-state index is 12.4. The first-order valence-electron chi connectivity index (χ1n) is 21.3. The summed E-state index contributed by atoms with van der Waals surface area (Å²) in [6, 6.07) is -0.651. The van der Waals surface area contributed by atoms with Crippen molar-refractivity contribution in [2.45, 2.75) is 257 Å². The Hall–Kier alpha value is -0.650. The first kappa shape index (κ1) is 46.4. The average molecular weight is 668 g/mol. The number of amides is 1. The molecule has 0 rings (SSSR count). The standard InChI is InChI=1S/C42H85NO4/c1-3-5-7-9-11-13-15-17-18-19-20-21-22-24-25-27-29-31-33-35-39(45)37-42(47)43-40(38-44)41(46)36-34-32-30-28-26-23-16-14-12-10-8-6-4-2/h39-41,44-46H,3-38H2,1-2H3,(H,43,47)/t39?,40-,41+/m0/s1. The normalized spacial score (nSPS) is 13.6. The lowest BCUT2D eigenvalue weighted by Gasteiger charge is -2.23. The monoisotopic (exact) mass is 668 g/mol. The molecular formula is C42H85NO4. The number of hydrogen-bond donors (Lipinski definition) is 4. The Morgan fingerprint density at radius 2 is 0.723 bits per heavy atom. The number of hydrogen-bond acceptors (Lipinski definition) is 4. The Morgan fingerprint density at radius 3 is 1.02 bits per heavy atom. The maximum Gasteiger partial charge on any atom is 0.222 e. The minimum absolute atomic E-state index is 0.0427. The zero-order chi connectivity index (χ0) is 34.5. The number of rotatable bonds is 39. The van der Waals surface area contributed by atoms with E-state index in [2.05, 4.69) is 19.2 Å². The van der Waals surface area contributed by atoms with Gasteiger partial charge in [-0.15, -0.1) is 0 Å². The van der Waals surface area contributed by atoms with Gasteiger partial charge in [-0.1, -0.05) is 219 Å². The molecule has 0 saturated heterocycles. The summed E-state index contributed by atoms with van der Waals surface area (Å²) >= 11 is 0. The van der Waals surface area contributed by atoms with Crippen LogP contribution in [-0.4, -0.2) is 46.1 Å². The van der Waals surface area contributed by atoms with E-state index in [1.807, 2.05) is 0 Å². The van der Waals surface area contributed by atoms with Gasteiger partial charge in [0, 0.05) is 0 Å². The van der Waals surface area contributed by atoms with Crippen molar-refractivity contribution in [3.8, 4) is 0 Å². The van der Waals surface area contributed by atoms with Gasteiger partial charge >= 0.3 is 0 Å². The van der Waals surface area contributed by atoms with E-state index in [-0.39, 0.29) is 18.9 Å². The summed E-state index contributed by atoms with van der Waals surface area (Å²) in [5, 5.41) is 33.3. The Bertz CT molecular complexity index is 615. The molecule has 0 aromatic carbocycles. The van der Waals surface area contributed by atoms with Gasteiger partial charge in [-0.3, -0.25) is 4.79 Å². The van der Waals surface area contributed by atoms with Crippen molar-refractivity contribution in [1.82, 2.24) is 5.32 Å². The summed E-state index contributed by atoms with van der Waals surface area (Å²) in [6.07, 6.45) is 42.1. The van der Waals surface area contributed by atoms with E-state index in [0.29, 0.717) is 12.8 Å². The van der Waals surface area contributed by atoms with E-state index >= 15 is 0 Å². The van der Waals surface area contributed by atoms with Gasteiger partial charge in [0.25, 0.3) is 0 Å². The van der Waals surface area contributed by atoms with Crippen LogP contribution in [0.5, 0.6) is 0 Å². The van der Waals surface area contributed by atoms with Gasteiger partial charge in [0.2, 0.25) is 5.91 Å². The molecule has 3 atom stereocenters. The second-order valence-corrected chi connectivity index (χ2v) is 15.0. The van der Waals surface area contributed by atoms with E-state index in [4.69, 9.17) is 0 Å². The molecule has 0 aliphatic heterocycles. The molecule has 0 aliphatic rings. The summed E-state index contributed by atoms with van der Waals surface area (Å²) in [7, 11) is 0. The van der Waals surface area contributed by atoms with Gasteiger partial charge in [-0.25, -0.2) is 0 Å². The van der Waals surface area contributed by atoms with Gasteiger partial charge in [-0.2, -0.15) is 0 Å². The number of unbranched alkanes of at least 4 members (excludes halogenated alkanes) is 30. The first-order valence-corrected chi connectivity index (χ1v) is 21.3. The van der Waals surface area contributed by atoms with Crippen LogP contribution in [0.3, 0.4) is 0 Å². The minimum Gasteiger partial charge on any atom is -0.394 e. The number of aliphatic hydroxyl groups is 3. The second-order valence-electron chi connectivity index (χ2n) is 15.0. The first-order chi connectivity index (χ1) is 23.0. The summed E-state index contributed by atoms with van der Waals surface area (Å²) in [5.74, 6) is -0.279. The number of aliphatic hydroxyl groups excluding tert-OH is 3. The second kappa shape index (κ2) is 38.2. The average Bonchev–Trinajstić information content (AvgIpc) is 3.06. The summed E-state index contributed by atoms with van der Waals surface area (Å²) in [6.45, 7) is 4.27. The Kier molecular flexibility index (Phi) is 37.6. The lowest BCUT2D eigenvalue weighted by atomic mass is 10.0. The van der Waals surface area contributed by atoms with Gasteiger partial charge in [0.15, 0.2) is 0 Å². The smallest absolute Gasteiger partial charge is 0.222 e. The fourth-order valence-corrected chi connectivity index (χ4v) is 6.88. The molecule has 4 N–H and O–H groups in total. The molecule has 5 nitrogen and oxygen atoms in total. The van der Waals surface area contributed by atoms with Crippen LogP contribution < -0.4 is 5.32 Å². The van der Waals surface area contributed by atoms with Crippen molar-refractivity contribution in [1.29, 1.82) is 0 Å². The highest BCUT2D eigenvalue weighted by Crippen LogP contribution is 2.17. The molecule has 282 valence electrons. The predicted molar refractivity (Wildman–Crippen MR) is 204 cm³/mol. The Labute approximate surface area is 294 Å². The highest BCUT2D eigenvalue weighted by atomic mass is 16.3. The van der Waals surface area contributed by atoms with Crippen LogP contribution in [0.4, 0.5) is 0 Å².